The van der Waals surface area contributed by atoms with E-state index in [1.807, 2.05) is 23.1 Å². The van der Waals surface area contributed by atoms with Crippen LogP contribution >= 0.6 is 0 Å². The van der Waals surface area contributed by atoms with Gasteiger partial charge in [-0.3, -0.25) is 4.79 Å². The lowest BCUT2D eigenvalue weighted by atomic mass is 9.88. The van der Waals surface area contributed by atoms with E-state index in [0.29, 0.717) is 24.8 Å². The molecule has 0 radical (unpaired) electrons. The second-order valence-corrected chi connectivity index (χ2v) is 9.90. The molecular formula is C27H38N2O3. The van der Waals surface area contributed by atoms with Crippen molar-refractivity contribution in [1.82, 2.24) is 10.2 Å². The number of fused-ring (bicyclic) bond motifs is 1. The van der Waals surface area contributed by atoms with E-state index in [4.69, 9.17) is 0 Å². The summed E-state index contributed by atoms with van der Waals surface area (Å²) < 4.78 is 0. The zero-order valence-electron chi connectivity index (χ0n) is 19.2. The van der Waals surface area contributed by atoms with Crippen LogP contribution in [0.4, 0.5) is 0 Å². The van der Waals surface area contributed by atoms with Crippen LogP contribution in [0.5, 0.6) is 0 Å². The summed E-state index contributed by atoms with van der Waals surface area (Å²) in [5.41, 5.74) is 3.77. The number of hydrogen-bond donors (Lipinski definition) is 3. The van der Waals surface area contributed by atoms with Crippen LogP contribution in [0.3, 0.4) is 0 Å². The summed E-state index contributed by atoms with van der Waals surface area (Å²) in [6.45, 7) is 5.14. The first kappa shape index (κ1) is 23.2. The molecule has 2 fully saturated rings. The summed E-state index contributed by atoms with van der Waals surface area (Å²) in [6.07, 6.45) is 11.1. The molecule has 5 nitrogen and oxygen atoms in total. The Morgan fingerprint density at radius 2 is 2.12 bits per heavy atom. The van der Waals surface area contributed by atoms with E-state index in [1.165, 1.54) is 11.1 Å². The van der Waals surface area contributed by atoms with E-state index in [0.717, 1.165) is 57.3 Å². The molecule has 1 aromatic carbocycles. The van der Waals surface area contributed by atoms with Gasteiger partial charge in [0.15, 0.2) is 0 Å². The number of aliphatic hydroxyl groups excluding tert-OH is 2. The summed E-state index contributed by atoms with van der Waals surface area (Å²) in [7, 11) is 0. The number of nitrogens with zero attached hydrogens (tertiary/aromatic N) is 1. The maximum absolute atomic E-state index is 12.1. The molecule has 1 saturated carbocycles. The van der Waals surface area contributed by atoms with Crippen LogP contribution in [0.25, 0.3) is 0 Å². The molecule has 0 bridgehead atoms. The van der Waals surface area contributed by atoms with Gasteiger partial charge in [-0.1, -0.05) is 53.6 Å². The number of rotatable bonds is 9. The Hall–Kier alpha value is -1.95. The van der Waals surface area contributed by atoms with E-state index in [1.54, 1.807) is 0 Å². The number of nitrogens with one attached hydrogen (secondary N) is 1. The van der Waals surface area contributed by atoms with Crippen molar-refractivity contribution in [1.29, 1.82) is 0 Å². The van der Waals surface area contributed by atoms with Crippen molar-refractivity contribution >= 4 is 5.91 Å². The van der Waals surface area contributed by atoms with E-state index < -0.39 is 6.10 Å². The van der Waals surface area contributed by atoms with Gasteiger partial charge in [-0.2, -0.15) is 0 Å². The van der Waals surface area contributed by atoms with E-state index in [2.05, 4.69) is 36.5 Å². The molecule has 4 rings (SSSR count). The van der Waals surface area contributed by atoms with Gasteiger partial charge in [0.25, 0.3) is 0 Å². The Morgan fingerprint density at radius 1 is 1.31 bits per heavy atom. The van der Waals surface area contributed by atoms with Gasteiger partial charge in [0, 0.05) is 25.4 Å². The number of amides is 1. The van der Waals surface area contributed by atoms with Crippen LogP contribution < -0.4 is 5.32 Å². The Bertz CT molecular complexity index is 843. The summed E-state index contributed by atoms with van der Waals surface area (Å²) in [5.74, 6) is 1.17. The van der Waals surface area contributed by atoms with E-state index >= 15 is 0 Å². The van der Waals surface area contributed by atoms with Crippen molar-refractivity contribution in [3.05, 3.63) is 59.2 Å². The molecule has 2 aliphatic carbocycles. The van der Waals surface area contributed by atoms with Crippen LogP contribution in [0.2, 0.25) is 0 Å². The fourth-order valence-corrected chi connectivity index (χ4v) is 5.72. The second kappa shape index (κ2) is 10.8. The molecule has 3 aliphatic rings. The van der Waals surface area contributed by atoms with E-state index in [-0.39, 0.29) is 17.9 Å². The average Bonchev–Trinajstić information content (AvgIpc) is 3.47. The lowest BCUT2D eigenvalue weighted by molar-refractivity contribution is -0.129. The molecular weight excluding hydrogens is 400 g/mol. The minimum Gasteiger partial charge on any atom is -0.392 e. The fourth-order valence-electron chi connectivity index (χ4n) is 5.72. The lowest BCUT2D eigenvalue weighted by Gasteiger charge is -2.19. The van der Waals surface area contributed by atoms with Gasteiger partial charge in [-0.05, 0) is 63.0 Å². The van der Waals surface area contributed by atoms with Gasteiger partial charge in [0.2, 0.25) is 5.91 Å². The molecule has 5 atom stereocenters. The number of likely N-dealkylation sites (tertiary alicyclic amines) is 1. The van der Waals surface area contributed by atoms with E-state index in [9.17, 15) is 15.0 Å². The molecule has 1 heterocycles. The molecule has 32 heavy (non-hydrogen) atoms. The van der Waals surface area contributed by atoms with Crippen LogP contribution in [0.1, 0.15) is 43.2 Å². The highest BCUT2D eigenvalue weighted by atomic mass is 16.3. The van der Waals surface area contributed by atoms with Crippen molar-refractivity contribution in [2.45, 2.75) is 57.7 Å². The van der Waals surface area contributed by atoms with Gasteiger partial charge < -0.3 is 20.4 Å². The first-order valence-electron chi connectivity index (χ1n) is 12.3. The maximum Gasteiger partial charge on any atom is 0.236 e. The number of allylic oxidation sites excluding steroid dienone is 1. The van der Waals surface area contributed by atoms with Gasteiger partial charge in [-0.25, -0.2) is 0 Å². The average molecular weight is 439 g/mol. The molecule has 0 spiro atoms. The van der Waals surface area contributed by atoms with Crippen LogP contribution in [-0.4, -0.2) is 59.4 Å². The Balaban J connectivity index is 1.22. The second-order valence-electron chi connectivity index (χ2n) is 9.90. The minimum absolute atomic E-state index is 0.102. The van der Waals surface area contributed by atoms with Gasteiger partial charge in [-0.15, -0.1) is 0 Å². The predicted molar refractivity (Wildman–Crippen MR) is 127 cm³/mol. The zero-order valence-corrected chi connectivity index (χ0v) is 19.2. The van der Waals surface area contributed by atoms with Gasteiger partial charge >= 0.3 is 0 Å². The van der Waals surface area contributed by atoms with Crippen molar-refractivity contribution in [3.63, 3.8) is 0 Å². The summed E-state index contributed by atoms with van der Waals surface area (Å²) in [6, 6.07) is 8.24. The highest BCUT2D eigenvalue weighted by Gasteiger charge is 2.43. The Kier molecular flexibility index (Phi) is 7.82. The van der Waals surface area contributed by atoms with Crippen molar-refractivity contribution in [2.75, 3.05) is 26.2 Å². The number of aliphatic hydroxyl groups is 2. The van der Waals surface area contributed by atoms with Crippen LogP contribution in [0.15, 0.2) is 48.1 Å². The topological polar surface area (TPSA) is 72.8 Å². The maximum atomic E-state index is 12.1. The molecule has 1 amide bonds. The number of benzene rings is 1. The summed E-state index contributed by atoms with van der Waals surface area (Å²) in [5, 5.41) is 24.4. The van der Waals surface area contributed by atoms with Crippen LogP contribution in [0, 0.1) is 24.7 Å². The van der Waals surface area contributed by atoms with Crippen molar-refractivity contribution < 1.29 is 15.0 Å². The number of carbonyl (C=O) groups is 1. The molecule has 5 heteroatoms. The monoisotopic (exact) mass is 438 g/mol. The quantitative estimate of drug-likeness (QED) is 0.409. The smallest absolute Gasteiger partial charge is 0.236 e. The third-order valence-electron chi connectivity index (χ3n) is 7.39. The molecule has 1 saturated heterocycles. The molecule has 0 aromatic heterocycles. The van der Waals surface area contributed by atoms with Crippen molar-refractivity contribution in [2.24, 2.45) is 17.8 Å². The lowest BCUT2D eigenvalue weighted by Crippen LogP contribution is -2.36. The highest BCUT2D eigenvalue weighted by Crippen LogP contribution is 2.47. The Labute approximate surface area is 192 Å². The number of carbonyl (C=O) groups excluding carboxylic acids is 1. The first-order chi connectivity index (χ1) is 15.5. The SMILES string of the molecule is Cc1cccc(C[C@H](O)C=C[C@@H]2[C@H]3CC(CCNCC(=O)N4CCCC4)=C[C@H]3C[C@H]2O)c1. The van der Waals surface area contributed by atoms with Crippen molar-refractivity contribution in [3.8, 4) is 0 Å². The normalized spacial score (nSPS) is 28.3. The molecule has 1 aliphatic heterocycles. The summed E-state index contributed by atoms with van der Waals surface area (Å²) in [4.78, 5) is 14.1. The molecule has 174 valence electrons. The number of hydrogen-bond acceptors (Lipinski definition) is 4. The minimum atomic E-state index is -0.533. The first-order valence-corrected chi connectivity index (χ1v) is 12.3. The third-order valence-corrected chi connectivity index (χ3v) is 7.39. The van der Waals surface area contributed by atoms with Gasteiger partial charge in [0.1, 0.15) is 0 Å². The Morgan fingerprint density at radius 3 is 2.91 bits per heavy atom. The predicted octanol–water partition coefficient (Wildman–Crippen LogP) is 3.00. The highest BCUT2D eigenvalue weighted by molar-refractivity contribution is 5.78. The third kappa shape index (κ3) is 5.89. The molecule has 0 unspecified atom stereocenters. The largest absolute Gasteiger partial charge is 0.392 e. The molecule has 3 N–H and O–H groups in total. The van der Waals surface area contributed by atoms with Crippen LogP contribution in [-0.2, 0) is 11.2 Å². The standard InChI is InChI=1S/C27H38N2O3/c1-19-5-4-6-20(13-19)15-23(30)7-8-24-25-16-21(14-22(25)17-26(24)31)9-10-28-18-27(32)29-11-2-3-12-29/h4-8,13-14,22-26,28,30-31H,2-3,9-12,15-18H2,1H3/t22-,23+,24+,25-,26+/m0/s1. The fraction of sp³-hybridized carbons (Fsp3) is 0.593. The number of aryl methyl sites for hydroxylation is 1. The van der Waals surface area contributed by atoms with Gasteiger partial charge in [0.05, 0.1) is 18.8 Å². The molecule has 1 aromatic rings. The summed E-state index contributed by atoms with van der Waals surface area (Å²) >= 11 is 0. The zero-order chi connectivity index (χ0) is 22.5.